The van der Waals surface area contributed by atoms with Gasteiger partial charge in [-0.2, -0.15) is 0 Å². The summed E-state index contributed by atoms with van der Waals surface area (Å²) >= 11 is 0. The fourth-order valence-electron chi connectivity index (χ4n) is 4.17. The number of anilines is 2. The van der Waals surface area contributed by atoms with Crippen molar-refractivity contribution in [2.24, 2.45) is 0 Å². The first-order chi connectivity index (χ1) is 15.0. The van der Waals surface area contributed by atoms with Crippen LogP contribution in [-0.4, -0.2) is 29.9 Å². The van der Waals surface area contributed by atoms with Crippen LogP contribution in [0.3, 0.4) is 0 Å². The van der Waals surface area contributed by atoms with Crippen LogP contribution in [0.4, 0.5) is 11.4 Å². The Bertz CT molecular complexity index is 1080. The lowest BCUT2D eigenvalue weighted by atomic mass is 10.1. The molecule has 6 heteroatoms. The van der Waals surface area contributed by atoms with E-state index in [9.17, 15) is 9.59 Å². The van der Waals surface area contributed by atoms with Crippen LogP contribution in [0.25, 0.3) is 0 Å². The third-order valence-corrected chi connectivity index (χ3v) is 5.51. The molecule has 2 N–H and O–H groups in total. The van der Waals surface area contributed by atoms with Gasteiger partial charge in [0.2, 0.25) is 0 Å². The van der Waals surface area contributed by atoms with E-state index >= 15 is 0 Å². The van der Waals surface area contributed by atoms with E-state index in [0.29, 0.717) is 12.2 Å². The van der Waals surface area contributed by atoms with Gasteiger partial charge in [0, 0.05) is 36.9 Å². The molecule has 0 fully saturated rings. The zero-order valence-electron chi connectivity index (χ0n) is 17.8. The number of aryl methyl sites for hydroxylation is 2. The molecule has 158 valence electrons. The Kier molecular flexibility index (Phi) is 5.98. The smallest absolute Gasteiger partial charge is 0.313 e. The summed E-state index contributed by atoms with van der Waals surface area (Å²) in [5, 5.41) is 5.51. The number of carbonyl (C=O) groups excluding carboxylic acids is 2. The Labute approximate surface area is 182 Å². The van der Waals surface area contributed by atoms with Crippen molar-refractivity contribution in [2.75, 3.05) is 23.3 Å². The SMILES string of the molecule is Cc1cc(C)cc(NC(=O)C(=O)NC[C@@H](c2cccnc2)N2CCc3ccccc32)c1. The first kappa shape index (κ1) is 20.6. The molecule has 31 heavy (non-hydrogen) atoms. The number of rotatable bonds is 5. The fourth-order valence-corrected chi connectivity index (χ4v) is 4.17. The van der Waals surface area contributed by atoms with Gasteiger partial charge in [-0.05, 0) is 66.8 Å². The van der Waals surface area contributed by atoms with E-state index in [0.717, 1.165) is 35.3 Å². The minimum absolute atomic E-state index is 0.115. The van der Waals surface area contributed by atoms with Gasteiger partial charge in [0.25, 0.3) is 0 Å². The summed E-state index contributed by atoms with van der Waals surface area (Å²) < 4.78 is 0. The summed E-state index contributed by atoms with van der Waals surface area (Å²) in [5.74, 6) is -1.32. The Hall–Kier alpha value is -3.67. The van der Waals surface area contributed by atoms with Crippen LogP contribution < -0.4 is 15.5 Å². The summed E-state index contributed by atoms with van der Waals surface area (Å²) in [6.45, 7) is 5.06. The maximum Gasteiger partial charge on any atom is 0.313 e. The number of nitrogens with zero attached hydrogens (tertiary/aromatic N) is 2. The molecule has 0 spiro atoms. The molecular formula is C25H26N4O2. The minimum atomic E-state index is -0.670. The Morgan fingerprint density at radius 1 is 1.03 bits per heavy atom. The molecule has 2 heterocycles. The van der Waals surface area contributed by atoms with Crippen molar-refractivity contribution < 1.29 is 9.59 Å². The number of pyridine rings is 1. The number of nitrogens with one attached hydrogen (secondary N) is 2. The van der Waals surface area contributed by atoms with E-state index in [1.807, 2.05) is 62.5 Å². The first-order valence-corrected chi connectivity index (χ1v) is 10.4. The van der Waals surface area contributed by atoms with Crippen molar-refractivity contribution in [2.45, 2.75) is 26.3 Å². The van der Waals surface area contributed by atoms with Crippen LogP contribution >= 0.6 is 0 Å². The zero-order chi connectivity index (χ0) is 21.8. The number of aromatic nitrogens is 1. The summed E-state index contributed by atoms with van der Waals surface area (Å²) in [6, 6.07) is 17.8. The van der Waals surface area contributed by atoms with Crippen molar-refractivity contribution in [3.05, 3.63) is 89.2 Å². The summed E-state index contributed by atoms with van der Waals surface area (Å²) in [5.41, 5.74) is 6.12. The normalized spacial score (nSPS) is 13.4. The van der Waals surface area contributed by atoms with Crippen molar-refractivity contribution in [1.29, 1.82) is 0 Å². The second-order valence-electron chi connectivity index (χ2n) is 7.91. The molecule has 0 unspecified atom stereocenters. The zero-order valence-corrected chi connectivity index (χ0v) is 17.8. The highest BCUT2D eigenvalue weighted by Crippen LogP contribution is 2.34. The monoisotopic (exact) mass is 414 g/mol. The van der Waals surface area contributed by atoms with Crippen LogP contribution in [0.15, 0.2) is 67.0 Å². The van der Waals surface area contributed by atoms with E-state index in [1.54, 1.807) is 6.20 Å². The maximum absolute atomic E-state index is 12.6. The lowest BCUT2D eigenvalue weighted by Crippen LogP contribution is -2.41. The van der Waals surface area contributed by atoms with E-state index in [1.165, 1.54) is 5.56 Å². The molecule has 6 nitrogen and oxygen atoms in total. The first-order valence-electron chi connectivity index (χ1n) is 10.4. The van der Waals surface area contributed by atoms with Gasteiger partial charge in [-0.15, -0.1) is 0 Å². The topological polar surface area (TPSA) is 74.3 Å². The standard InChI is InChI=1S/C25H26N4O2/c1-17-12-18(2)14-21(13-17)28-25(31)24(30)27-16-23(20-7-5-10-26-15-20)29-11-9-19-6-3-4-8-22(19)29/h3-8,10,12-15,23H,9,11,16H2,1-2H3,(H,27,30)(H,28,31)/t23-/m0/s1. The number of amides is 2. The van der Waals surface area contributed by atoms with Crippen LogP contribution in [0, 0.1) is 13.8 Å². The molecular weight excluding hydrogens is 388 g/mol. The van der Waals surface area contributed by atoms with E-state index < -0.39 is 11.8 Å². The van der Waals surface area contributed by atoms with E-state index in [-0.39, 0.29) is 6.04 Å². The van der Waals surface area contributed by atoms with Gasteiger partial charge >= 0.3 is 11.8 Å². The van der Waals surface area contributed by atoms with Gasteiger partial charge in [-0.1, -0.05) is 30.3 Å². The van der Waals surface area contributed by atoms with E-state index in [2.05, 4.69) is 32.7 Å². The van der Waals surface area contributed by atoms with Crippen molar-refractivity contribution in [3.8, 4) is 0 Å². The van der Waals surface area contributed by atoms with Gasteiger partial charge in [0.15, 0.2) is 0 Å². The predicted molar refractivity (Wildman–Crippen MR) is 122 cm³/mol. The van der Waals surface area contributed by atoms with Crippen LogP contribution in [0.1, 0.15) is 28.3 Å². The average molecular weight is 415 g/mol. The number of para-hydroxylation sites is 1. The molecule has 1 aromatic heterocycles. The van der Waals surface area contributed by atoms with Crippen molar-refractivity contribution in [1.82, 2.24) is 10.3 Å². The van der Waals surface area contributed by atoms with Gasteiger partial charge in [-0.25, -0.2) is 0 Å². The van der Waals surface area contributed by atoms with Gasteiger partial charge in [0.1, 0.15) is 0 Å². The highest BCUT2D eigenvalue weighted by molar-refractivity contribution is 6.39. The number of fused-ring (bicyclic) bond motifs is 1. The quantitative estimate of drug-likeness (QED) is 0.626. The van der Waals surface area contributed by atoms with Gasteiger partial charge in [-0.3, -0.25) is 14.6 Å². The number of benzene rings is 2. The molecule has 0 aliphatic carbocycles. The summed E-state index contributed by atoms with van der Waals surface area (Å²) in [4.78, 5) is 31.5. The molecule has 0 radical (unpaired) electrons. The van der Waals surface area contributed by atoms with Gasteiger partial charge in [0.05, 0.1) is 6.04 Å². The van der Waals surface area contributed by atoms with Crippen LogP contribution in [-0.2, 0) is 16.0 Å². The summed E-state index contributed by atoms with van der Waals surface area (Å²) in [7, 11) is 0. The molecule has 4 rings (SSSR count). The Balaban J connectivity index is 1.48. The molecule has 1 aliphatic heterocycles. The average Bonchev–Trinajstić information content (AvgIpc) is 3.18. The second kappa shape index (κ2) is 9.00. The molecule has 1 atom stereocenters. The van der Waals surface area contributed by atoms with Crippen molar-refractivity contribution in [3.63, 3.8) is 0 Å². The lowest BCUT2D eigenvalue weighted by molar-refractivity contribution is -0.136. The highest BCUT2D eigenvalue weighted by Gasteiger charge is 2.28. The van der Waals surface area contributed by atoms with Crippen LogP contribution in [0.5, 0.6) is 0 Å². The molecule has 3 aromatic rings. The molecule has 2 amide bonds. The maximum atomic E-state index is 12.6. The molecule has 0 saturated carbocycles. The second-order valence-corrected chi connectivity index (χ2v) is 7.91. The number of carbonyl (C=O) groups is 2. The molecule has 0 saturated heterocycles. The number of hydrogen-bond donors (Lipinski definition) is 2. The number of hydrogen-bond acceptors (Lipinski definition) is 4. The van der Waals surface area contributed by atoms with E-state index in [4.69, 9.17) is 0 Å². The minimum Gasteiger partial charge on any atom is -0.362 e. The third-order valence-electron chi connectivity index (χ3n) is 5.51. The van der Waals surface area contributed by atoms with Gasteiger partial charge < -0.3 is 15.5 Å². The largest absolute Gasteiger partial charge is 0.362 e. The predicted octanol–water partition coefficient (Wildman–Crippen LogP) is 3.56. The summed E-state index contributed by atoms with van der Waals surface area (Å²) in [6.07, 6.45) is 4.50. The Morgan fingerprint density at radius 2 is 1.81 bits per heavy atom. The molecule has 0 bridgehead atoms. The Morgan fingerprint density at radius 3 is 2.55 bits per heavy atom. The fraction of sp³-hybridized carbons (Fsp3) is 0.240. The molecule has 2 aromatic carbocycles. The lowest BCUT2D eigenvalue weighted by Gasteiger charge is -2.30. The third kappa shape index (κ3) is 4.74. The molecule has 1 aliphatic rings. The van der Waals surface area contributed by atoms with Crippen molar-refractivity contribution >= 4 is 23.2 Å². The highest BCUT2D eigenvalue weighted by atomic mass is 16.2. The van der Waals surface area contributed by atoms with Crippen LogP contribution in [0.2, 0.25) is 0 Å².